The molecule has 2 atom stereocenters. The summed E-state index contributed by atoms with van der Waals surface area (Å²) in [5, 5.41) is 3.83. The van der Waals surface area contributed by atoms with Gasteiger partial charge < -0.3 is 5.32 Å². The molecule has 1 saturated heterocycles. The van der Waals surface area contributed by atoms with Crippen LogP contribution in [0.3, 0.4) is 0 Å². The summed E-state index contributed by atoms with van der Waals surface area (Å²) >= 11 is 6.04. The first-order valence-electron chi connectivity index (χ1n) is 7.02. The smallest absolute Gasteiger partial charge is 0.142 e. The summed E-state index contributed by atoms with van der Waals surface area (Å²) in [4.78, 5) is 2.39. The summed E-state index contributed by atoms with van der Waals surface area (Å²) < 4.78 is 13.5. The Morgan fingerprint density at radius 2 is 2.26 bits per heavy atom. The summed E-state index contributed by atoms with van der Waals surface area (Å²) in [5.74, 6) is -0.327. The number of nitrogens with zero attached hydrogens (tertiary/aromatic N) is 1. The van der Waals surface area contributed by atoms with Crippen LogP contribution < -0.4 is 5.32 Å². The van der Waals surface area contributed by atoms with E-state index in [0.29, 0.717) is 12.1 Å². The van der Waals surface area contributed by atoms with E-state index in [1.165, 1.54) is 18.9 Å². The first-order chi connectivity index (χ1) is 9.11. The Bertz CT molecular complexity index is 425. The van der Waals surface area contributed by atoms with Crippen molar-refractivity contribution in [2.24, 2.45) is 0 Å². The minimum Gasteiger partial charge on any atom is -0.311 e. The molecule has 0 bridgehead atoms. The summed E-state index contributed by atoms with van der Waals surface area (Å²) in [6.45, 7) is 7.11. The van der Waals surface area contributed by atoms with E-state index in [1.54, 1.807) is 6.07 Å². The van der Waals surface area contributed by atoms with Gasteiger partial charge in [0.1, 0.15) is 5.82 Å². The highest BCUT2D eigenvalue weighted by atomic mass is 35.5. The van der Waals surface area contributed by atoms with Gasteiger partial charge >= 0.3 is 0 Å². The highest BCUT2D eigenvalue weighted by molar-refractivity contribution is 6.31. The third-order valence-electron chi connectivity index (χ3n) is 3.82. The molecule has 2 unspecified atom stereocenters. The van der Waals surface area contributed by atoms with Crippen LogP contribution in [0.2, 0.25) is 5.02 Å². The van der Waals surface area contributed by atoms with E-state index in [2.05, 4.69) is 24.1 Å². The van der Waals surface area contributed by atoms with E-state index in [0.717, 1.165) is 25.2 Å². The number of benzene rings is 1. The van der Waals surface area contributed by atoms with Crippen molar-refractivity contribution in [1.82, 2.24) is 10.2 Å². The largest absolute Gasteiger partial charge is 0.311 e. The van der Waals surface area contributed by atoms with E-state index >= 15 is 0 Å². The Labute approximate surface area is 119 Å². The first kappa shape index (κ1) is 14.8. The summed E-state index contributed by atoms with van der Waals surface area (Å²) in [7, 11) is 0. The lowest BCUT2D eigenvalue weighted by Gasteiger charge is -2.39. The average Bonchev–Trinajstić information content (AvgIpc) is 2.39. The van der Waals surface area contributed by atoms with Gasteiger partial charge in [-0.05, 0) is 25.0 Å². The summed E-state index contributed by atoms with van der Waals surface area (Å²) in [6.07, 6.45) is 2.36. The van der Waals surface area contributed by atoms with Gasteiger partial charge in [0, 0.05) is 31.7 Å². The SMILES string of the molecule is CCCC1CN(Cc2cccc(F)c2Cl)C(C)CN1. The van der Waals surface area contributed by atoms with Gasteiger partial charge in [0.2, 0.25) is 0 Å². The monoisotopic (exact) mass is 284 g/mol. The molecule has 1 fully saturated rings. The standard InChI is InChI=1S/C15H22ClFN2/c1-3-5-13-10-19(11(2)8-18-13)9-12-6-4-7-14(17)15(12)16/h4,6-7,11,13,18H,3,5,8-10H2,1-2H3. The van der Waals surface area contributed by atoms with E-state index in [4.69, 9.17) is 11.6 Å². The first-order valence-corrected chi connectivity index (χ1v) is 7.40. The second kappa shape index (κ2) is 6.69. The molecule has 1 aromatic rings. The van der Waals surface area contributed by atoms with Crippen molar-refractivity contribution >= 4 is 11.6 Å². The van der Waals surface area contributed by atoms with Crippen molar-refractivity contribution in [3.8, 4) is 0 Å². The predicted octanol–water partition coefficient (Wildman–Crippen LogP) is 3.44. The van der Waals surface area contributed by atoms with Crippen molar-refractivity contribution in [2.45, 2.75) is 45.3 Å². The second-order valence-electron chi connectivity index (χ2n) is 5.39. The highest BCUT2D eigenvalue weighted by Gasteiger charge is 2.25. The van der Waals surface area contributed by atoms with Gasteiger partial charge in [0.25, 0.3) is 0 Å². The van der Waals surface area contributed by atoms with Gasteiger partial charge in [0.05, 0.1) is 5.02 Å². The molecule has 0 radical (unpaired) electrons. The lowest BCUT2D eigenvalue weighted by molar-refractivity contribution is 0.129. The van der Waals surface area contributed by atoms with Crippen LogP contribution in [0.1, 0.15) is 32.3 Å². The highest BCUT2D eigenvalue weighted by Crippen LogP contribution is 2.23. The zero-order valence-electron chi connectivity index (χ0n) is 11.6. The van der Waals surface area contributed by atoms with Crippen LogP contribution in [0.25, 0.3) is 0 Å². The molecule has 1 aliphatic rings. The third kappa shape index (κ3) is 3.68. The molecule has 0 saturated carbocycles. The molecule has 1 aromatic carbocycles. The fourth-order valence-electron chi connectivity index (χ4n) is 2.65. The van der Waals surface area contributed by atoms with Gasteiger partial charge in [-0.1, -0.05) is 37.1 Å². The van der Waals surface area contributed by atoms with Crippen molar-refractivity contribution in [3.63, 3.8) is 0 Å². The molecule has 1 aliphatic heterocycles. The van der Waals surface area contributed by atoms with Crippen LogP contribution in [0.15, 0.2) is 18.2 Å². The van der Waals surface area contributed by atoms with Crippen molar-refractivity contribution < 1.29 is 4.39 Å². The molecule has 0 aromatic heterocycles. The minimum absolute atomic E-state index is 0.264. The molecular weight excluding hydrogens is 263 g/mol. The Hall–Kier alpha value is -0.640. The second-order valence-corrected chi connectivity index (χ2v) is 5.76. The third-order valence-corrected chi connectivity index (χ3v) is 4.25. The molecule has 106 valence electrons. The molecule has 19 heavy (non-hydrogen) atoms. The lowest BCUT2D eigenvalue weighted by atomic mass is 10.0. The van der Waals surface area contributed by atoms with Crippen LogP contribution in [0, 0.1) is 5.82 Å². The number of hydrogen-bond donors (Lipinski definition) is 1. The normalized spacial score (nSPS) is 24.6. The van der Waals surface area contributed by atoms with Gasteiger partial charge in [-0.15, -0.1) is 0 Å². The van der Waals surface area contributed by atoms with Crippen LogP contribution in [-0.4, -0.2) is 30.1 Å². The molecule has 4 heteroatoms. The van der Waals surface area contributed by atoms with Gasteiger partial charge in [-0.2, -0.15) is 0 Å². The van der Waals surface area contributed by atoms with Crippen molar-refractivity contribution in [3.05, 3.63) is 34.6 Å². The molecule has 0 aliphatic carbocycles. The number of hydrogen-bond acceptors (Lipinski definition) is 2. The topological polar surface area (TPSA) is 15.3 Å². The number of nitrogens with one attached hydrogen (secondary N) is 1. The zero-order valence-corrected chi connectivity index (χ0v) is 12.4. The Kier molecular flexibility index (Phi) is 5.20. The molecule has 2 nitrogen and oxygen atoms in total. The van der Waals surface area contributed by atoms with Crippen molar-refractivity contribution in [1.29, 1.82) is 0 Å². The number of rotatable bonds is 4. The molecule has 1 heterocycles. The molecule has 0 spiro atoms. The van der Waals surface area contributed by atoms with Crippen molar-refractivity contribution in [2.75, 3.05) is 13.1 Å². The fourth-order valence-corrected chi connectivity index (χ4v) is 2.83. The van der Waals surface area contributed by atoms with Crippen LogP contribution in [0.4, 0.5) is 4.39 Å². The van der Waals surface area contributed by atoms with Crippen LogP contribution >= 0.6 is 11.6 Å². The number of halogens is 2. The maximum absolute atomic E-state index is 13.5. The predicted molar refractivity (Wildman–Crippen MR) is 78.0 cm³/mol. The minimum atomic E-state index is -0.327. The maximum atomic E-state index is 13.5. The lowest BCUT2D eigenvalue weighted by Crippen LogP contribution is -2.54. The van der Waals surface area contributed by atoms with E-state index < -0.39 is 0 Å². The van der Waals surface area contributed by atoms with Crippen LogP contribution in [-0.2, 0) is 6.54 Å². The number of piperazine rings is 1. The quantitative estimate of drug-likeness (QED) is 0.911. The van der Waals surface area contributed by atoms with E-state index in [-0.39, 0.29) is 10.8 Å². The Morgan fingerprint density at radius 1 is 1.47 bits per heavy atom. The molecular formula is C15H22ClFN2. The zero-order chi connectivity index (χ0) is 13.8. The van der Waals surface area contributed by atoms with Gasteiger partial charge in [0.15, 0.2) is 0 Å². The molecule has 1 N–H and O–H groups in total. The van der Waals surface area contributed by atoms with Gasteiger partial charge in [-0.25, -0.2) is 4.39 Å². The molecule has 0 amide bonds. The average molecular weight is 285 g/mol. The van der Waals surface area contributed by atoms with E-state index in [9.17, 15) is 4.39 Å². The van der Waals surface area contributed by atoms with E-state index in [1.807, 2.05) is 6.07 Å². The summed E-state index contributed by atoms with van der Waals surface area (Å²) in [6, 6.07) is 6.04. The fraction of sp³-hybridized carbons (Fsp3) is 0.600. The maximum Gasteiger partial charge on any atom is 0.142 e. The summed E-state index contributed by atoms with van der Waals surface area (Å²) in [5.41, 5.74) is 0.880. The molecule has 2 rings (SSSR count). The Morgan fingerprint density at radius 3 is 3.00 bits per heavy atom. The van der Waals surface area contributed by atoms with Gasteiger partial charge in [-0.3, -0.25) is 4.90 Å². The Balaban J connectivity index is 2.05. The van der Waals surface area contributed by atoms with Crippen LogP contribution in [0.5, 0.6) is 0 Å².